The van der Waals surface area contributed by atoms with Crippen LogP contribution in [0.2, 0.25) is 0 Å². The lowest BCUT2D eigenvalue weighted by Gasteiger charge is -2.13. The van der Waals surface area contributed by atoms with Gasteiger partial charge in [-0.1, -0.05) is 12.1 Å². The van der Waals surface area contributed by atoms with Crippen molar-refractivity contribution in [3.05, 3.63) is 59.2 Å². The van der Waals surface area contributed by atoms with E-state index in [4.69, 9.17) is 14.2 Å². The summed E-state index contributed by atoms with van der Waals surface area (Å²) in [5.41, 5.74) is 0.945. The molecule has 0 aliphatic carbocycles. The largest absolute Gasteiger partial charge is 0.465 e. The molecule has 2 rings (SSSR count). The van der Waals surface area contributed by atoms with Crippen LogP contribution in [-0.2, 0) is 14.2 Å². The van der Waals surface area contributed by atoms with Crippen molar-refractivity contribution in [3.8, 4) is 0 Å². The van der Waals surface area contributed by atoms with Crippen molar-refractivity contribution in [1.29, 1.82) is 0 Å². The lowest BCUT2D eigenvalue weighted by Crippen LogP contribution is -2.17. The van der Waals surface area contributed by atoms with Crippen LogP contribution >= 0.6 is 11.8 Å². The first-order valence-electron chi connectivity index (χ1n) is 8.34. The van der Waals surface area contributed by atoms with Crippen molar-refractivity contribution in [2.75, 3.05) is 39.0 Å². The SMILES string of the molecule is COCCSc1ccccc1C(=O)Nc1cc(C(=O)OC)ccc1C(=O)OC. The van der Waals surface area contributed by atoms with Gasteiger partial charge in [-0.3, -0.25) is 4.79 Å². The average molecular weight is 403 g/mol. The van der Waals surface area contributed by atoms with E-state index in [1.54, 1.807) is 19.2 Å². The van der Waals surface area contributed by atoms with Crippen molar-refractivity contribution in [2.24, 2.45) is 0 Å². The van der Waals surface area contributed by atoms with Crippen molar-refractivity contribution in [1.82, 2.24) is 0 Å². The van der Waals surface area contributed by atoms with Crippen molar-refractivity contribution >= 4 is 35.3 Å². The van der Waals surface area contributed by atoms with Gasteiger partial charge in [0.2, 0.25) is 0 Å². The van der Waals surface area contributed by atoms with E-state index in [1.807, 2.05) is 12.1 Å². The minimum absolute atomic E-state index is 0.132. The smallest absolute Gasteiger partial charge is 0.339 e. The Morgan fingerprint density at radius 3 is 2.32 bits per heavy atom. The van der Waals surface area contributed by atoms with E-state index in [9.17, 15) is 14.4 Å². The number of ether oxygens (including phenoxy) is 3. The summed E-state index contributed by atoms with van der Waals surface area (Å²) in [5, 5.41) is 2.70. The minimum atomic E-state index is -0.630. The van der Waals surface area contributed by atoms with Gasteiger partial charge < -0.3 is 19.5 Å². The molecule has 0 aromatic heterocycles. The van der Waals surface area contributed by atoms with Gasteiger partial charge in [0.15, 0.2) is 0 Å². The highest BCUT2D eigenvalue weighted by Gasteiger charge is 2.19. The zero-order valence-corrected chi connectivity index (χ0v) is 16.6. The van der Waals surface area contributed by atoms with Crippen molar-refractivity contribution in [2.45, 2.75) is 4.90 Å². The number of thioether (sulfide) groups is 1. The molecule has 2 aromatic carbocycles. The first kappa shape index (κ1) is 21.5. The molecule has 148 valence electrons. The number of nitrogens with one attached hydrogen (secondary N) is 1. The maximum absolute atomic E-state index is 12.9. The van der Waals surface area contributed by atoms with Crippen LogP contribution in [0.15, 0.2) is 47.4 Å². The van der Waals surface area contributed by atoms with E-state index >= 15 is 0 Å². The lowest BCUT2D eigenvalue weighted by atomic mass is 10.1. The molecule has 0 spiro atoms. The normalized spacial score (nSPS) is 10.2. The molecule has 0 heterocycles. The second-order valence-electron chi connectivity index (χ2n) is 5.54. The number of esters is 2. The molecule has 0 bridgehead atoms. The van der Waals surface area contributed by atoms with Crippen LogP contribution in [0.1, 0.15) is 31.1 Å². The van der Waals surface area contributed by atoms with Gasteiger partial charge >= 0.3 is 11.9 Å². The van der Waals surface area contributed by atoms with E-state index in [2.05, 4.69) is 5.32 Å². The van der Waals surface area contributed by atoms with Gasteiger partial charge in [-0.05, 0) is 30.3 Å². The fraction of sp³-hybridized carbons (Fsp3) is 0.250. The average Bonchev–Trinajstić information content (AvgIpc) is 2.73. The Kier molecular flexibility index (Phi) is 8.03. The predicted molar refractivity (Wildman–Crippen MR) is 106 cm³/mol. The number of amides is 1. The third kappa shape index (κ3) is 5.34. The summed E-state index contributed by atoms with van der Waals surface area (Å²) in [6, 6.07) is 11.3. The van der Waals surface area contributed by atoms with E-state index in [-0.39, 0.29) is 16.8 Å². The number of benzene rings is 2. The molecule has 0 unspecified atom stereocenters. The highest BCUT2D eigenvalue weighted by molar-refractivity contribution is 7.99. The topological polar surface area (TPSA) is 90.9 Å². The number of methoxy groups -OCH3 is 3. The number of anilines is 1. The lowest BCUT2D eigenvalue weighted by molar-refractivity contribution is 0.0587. The molecule has 1 amide bonds. The summed E-state index contributed by atoms with van der Waals surface area (Å²) in [7, 11) is 4.11. The number of carbonyl (C=O) groups is 3. The molecular formula is C20H21NO6S. The van der Waals surface area contributed by atoms with Crippen LogP contribution in [-0.4, -0.2) is 51.5 Å². The predicted octanol–water partition coefficient (Wildman–Crippen LogP) is 3.25. The molecule has 0 radical (unpaired) electrons. The van der Waals surface area contributed by atoms with Gasteiger partial charge in [0.05, 0.1) is 43.2 Å². The fourth-order valence-electron chi connectivity index (χ4n) is 2.39. The zero-order chi connectivity index (χ0) is 20.5. The third-order valence-corrected chi connectivity index (χ3v) is 4.81. The van der Waals surface area contributed by atoms with Gasteiger partial charge in [-0.15, -0.1) is 11.8 Å². The third-order valence-electron chi connectivity index (χ3n) is 3.77. The molecule has 28 heavy (non-hydrogen) atoms. The Morgan fingerprint density at radius 1 is 0.929 bits per heavy atom. The first-order chi connectivity index (χ1) is 13.5. The molecule has 1 N–H and O–H groups in total. The van der Waals surface area contributed by atoms with Gasteiger partial charge in [0.25, 0.3) is 5.91 Å². The molecule has 2 aromatic rings. The van der Waals surface area contributed by atoms with E-state index in [0.717, 1.165) is 4.90 Å². The molecular weight excluding hydrogens is 382 g/mol. The van der Waals surface area contributed by atoms with Crippen molar-refractivity contribution in [3.63, 3.8) is 0 Å². The highest BCUT2D eigenvalue weighted by atomic mass is 32.2. The monoisotopic (exact) mass is 403 g/mol. The summed E-state index contributed by atoms with van der Waals surface area (Å²) in [6.07, 6.45) is 0. The number of carbonyl (C=O) groups excluding carboxylic acids is 3. The van der Waals surface area contributed by atoms with E-state index in [0.29, 0.717) is 17.9 Å². The summed E-state index contributed by atoms with van der Waals surface area (Å²) in [6.45, 7) is 0.550. The maximum atomic E-state index is 12.9. The summed E-state index contributed by atoms with van der Waals surface area (Å²) in [5.74, 6) is -0.934. The van der Waals surface area contributed by atoms with Crippen LogP contribution < -0.4 is 5.32 Å². The first-order valence-corrected chi connectivity index (χ1v) is 9.33. The van der Waals surface area contributed by atoms with Gasteiger partial charge in [0, 0.05) is 17.8 Å². The van der Waals surface area contributed by atoms with E-state index in [1.165, 1.54) is 44.2 Å². The highest BCUT2D eigenvalue weighted by Crippen LogP contribution is 2.25. The molecule has 0 saturated carbocycles. The molecule has 7 nitrogen and oxygen atoms in total. The number of rotatable bonds is 8. The quantitative estimate of drug-likeness (QED) is 0.411. The van der Waals surface area contributed by atoms with Gasteiger partial charge in [0.1, 0.15) is 0 Å². The maximum Gasteiger partial charge on any atom is 0.339 e. The van der Waals surface area contributed by atoms with Gasteiger partial charge in [-0.2, -0.15) is 0 Å². The number of hydrogen-bond donors (Lipinski definition) is 1. The van der Waals surface area contributed by atoms with Crippen LogP contribution in [0.25, 0.3) is 0 Å². The van der Waals surface area contributed by atoms with Crippen LogP contribution in [0.3, 0.4) is 0 Å². The van der Waals surface area contributed by atoms with Crippen LogP contribution in [0.4, 0.5) is 5.69 Å². The molecule has 0 aliphatic heterocycles. The summed E-state index contributed by atoms with van der Waals surface area (Å²) in [4.78, 5) is 37.5. The molecule has 0 aliphatic rings. The number of hydrogen-bond acceptors (Lipinski definition) is 7. The van der Waals surface area contributed by atoms with E-state index < -0.39 is 17.8 Å². The summed E-state index contributed by atoms with van der Waals surface area (Å²) >= 11 is 1.49. The molecule has 0 saturated heterocycles. The van der Waals surface area contributed by atoms with Gasteiger partial charge in [-0.25, -0.2) is 9.59 Å². The summed E-state index contributed by atoms with van der Waals surface area (Å²) < 4.78 is 14.5. The minimum Gasteiger partial charge on any atom is -0.465 e. The Balaban J connectivity index is 2.34. The molecule has 0 atom stereocenters. The fourth-order valence-corrected chi connectivity index (χ4v) is 3.35. The van der Waals surface area contributed by atoms with Crippen molar-refractivity contribution < 1.29 is 28.6 Å². The van der Waals surface area contributed by atoms with Crippen LogP contribution in [0.5, 0.6) is 0 Å². The molecule has 8 heteroatoms. The standard InChI is InChI=1S/C20H21NO6S/c1-25-10-11-28-17-7-5-4-6-15(17)18(22)21-16-12-13(19(23)26-2)8-9-14(16)20(24)27-3/h4-9,12H,10-11H2,1-3H3,(H,21,22). The zero-order valence-electron chi connectivity index (χ0n) is 15.8. The molecule has 0 fully saturated rings. The Hall–Kier alpha value is -2.84. The van der Waals surface area contributed by atoms with Crippen LogP contribution in [0, 0.1) is 0 Å². The second-order valence-corrected chi connectivity index (χ2v) is 6.67. The Morgan fingerprint density at radius 2 is 1.64 bits per heavy atom. The Labute approximate surface area is 167 Å². The Bertz CT molecular complexity index is 868. The second kappa shape index (κ2) is 10.5.